The van der Waals surface area contributed by atoms with Crippen molar-refractivity contribution in [2.24, 2.45) is 5.92 Å². The summed E-state index contributed by atoms with van der Waals surface area (Å²) in [7, 11) is 0. The molecule has 4 atom stereocenters. The third-order valence-electron chi connectivity index (χ3n) is 5.29. The third-order valence-corrected chi connectivity index (χ3v) is 7.28. The number of aromatic nitrogens is 2. The number of hydrogen-bond donors (Lipinski definition) is 1. The molecule has 1 amide bonds. The van der Waals surface area contributed by atoms with Gasteiger partial charge in [0.05, 0.1) is 43.0 Å². The van der Waals surface area contributed by atoms with Crippen LogP contribution in [0.4, 0.5) is 0 Å². The van der Waals surface area contributed by atoms with E-state index in [1.807, 2.05) is 36.1 Å². The first-order valence-corrected chi connectivity index (χ1v) is 11.3. The zero-order valence-corrected chi connectivity index (χ0v) is 17.5. The monoisotopic (exact) mass is 451 g/mol. The Kier molecular flexibility index (Phi) is 5.59. The fraction of sp³-hybridized carbons (Fsp3) is 0.474. The van der Waals surface area contributed by atoms with Gasteiger partial charge in [-0.3, -0.25) is 4.79 Å². The predicted octanol–water partition coefficient (Wildman–Crippen LogP) is 2.55. The maximum Gasteiger partial charge on any atom is 0.231 e. The van der Waals surface area contributed by atoms with Crippen molar-refractivity contribution >= 4 is 33.0 Å². The van der Waals surface area contributed by atoms with Gasteiger partial charge in [-0.1, -0.05) is 39.2 Å². The fourth-order valence-electron chi connectivity index (χ4n) is 3.78. The number of nitrogens with one attached hydrogen (secondary N) is 1. The van der Waals surface area contributed by atoms with Crippen molar-refractivity contribution in [2.45, 2.75) is 18.9 Å². The summed E-state index contributed by atoms with van der Waals surface area (Å²) in [6.07, 6.45) is 1.79. The fourth-order valence-corrected chi connectivity index (χ4v) is 5.75. The first kappa shape index (κ1) is 19.0. The first-order chi connectivity index (χ1) is 13.0. The van der Waals surface area contributed by atoms with E-state index in [1.54, 1.807) is 6.20 Å². The molecule has 2 aliphatic rings. The van der Waals surface area contributed by atoms with Crippen LogP contribution >= 0.6 is 15.9 Å². The van der Waals surface area contributed by atoms with Crippen LogP contribution in [-0.4, -0.2) is 62.6 Å². The van der Waals surface area contributed by atoms with Crippen LogP contribution in [0, 0.1) is 5.92 Å². The smallest absolute Gasteiger partial charge is 0.231 e. The number of rotatable bonds is 3. The van der Waals surface area contributed by atoms with Gasteiger partial charge in [0.25, 0.3) is 0 Å². The molecule has 0 radical (unpaired) electrons. The van der Waals surface area contributed by atoms with Crippen LogP contribution in [-0.2, 0) is 20.7 Å². The molecule has 144 valence electrons. The second-order valence-electron chi connectivity index (χ2n) is 7.13. The van der Waals surface area contributed by atoms with Crippen molar-refractivity contribution in [3.8, 4) is 11.3 Å². The Morgan fingerprint density at radius 2 is 2.15 bits per heavy atom. The van der Waals surface area contributed by atoms with E-state index in [1.165, 1.54) is 0 Å². The van der Waals surface area contributed by atoms with Crippen molar-refractivity contribution in [1.29, 1.82) is 0 Å². The van der Waals surface area contributed by atoms with Crippen LogP contribution in [0.15, 0.2) is 34.9 Å². The van der Waals surface area contributed by atoms with Gasteiger partial charge >= 0.3 is 0 Å². The van der Waals surface area contributed by atoms with E-state index < -0.39 is 11.2 Å². The number of halogens is 1. The van der Waals surface area contributed by atoms with E-state index in [0.29, 0.717) is 31.3 Å². The van der Waals surface area contributed by atoms with Gasteiger partial charge in [-0.15, -0.1) is 0 Å². The standard InChI is InChI=1S/C19H22BrN3O3S/c1-12-9-26-7-6-23(12)19(24)16-11-27(25)10-15(16)18-21-8-17(22-18)13-2-4-14(20)5-3-13/h2-5,8,12,15-16H,6-7,9-11H2,1H3,(H,21,22)/t12-,15-,16-,27?/m1/s1. The summed E-state index contributed by atoms with van der Waals surface area (Å²) in [6, 6.07) is 8.02. The molecule has 2 saturated heterocycles. The lowest BCUT2D eigenvalue weighted by atomic mass is 9.93. The molecular weight excluding hydrogens is 430 g/mol. The van der Waals surface area contributed by atoms with Crippen LogP contribution in [0.25, 0.3) is 11.3 Å². The number of amides is 1. The number of benzene rings is 1. The Balaban J connectivity index is 1.56. The quantitative estimate of drug-likeness (QED) is 0.726. The zero-order valence-electron chi connectivity index (χ0n) is 15.1. The van der Waals surface area contributed by atoms with Crippen LogP contribution in [0.5, 0.6) is 0 Å². The largest absolute Gasteiger partial charge is 0.616 e. The van der Waals surface area contributed by atoms with Crippen LogP contribution in [0.2, 0.25) is 0 Å². The lowest BCUT2D eigenvalue weighted by Gasteiger charge is -2.35. The SMILES string of the molecule is C[C@@H]1COCCN1C(=O)[C@@H]1C[S+]([O-])C[C@H]1c1ncc(-c2ccc(Br)cc2)[nH]1. The lowest BCUT2D eigenvalue weighted by Crippen LogP contribution is -2.50. The molecule has 1 N–H and O–H groups in total. The maximum atomic E-state index is 13.1. The average molecular weight is 452 g/mol. The topological polar surface area (TPSA) is 81.3 Å². The molecule has 0 saturated carbocycles. The molecule has 2 aliphatic heterocycles. The van der Waals surface area contributed by atoms with Gasteiger partial charge in [0.15, 0.2) is 0 Å². The number of nitrogens with zero attached hydrogens (tertiary/aromatic N) is 2. The highest BCUT2D eigenvalue weighted by atomic mass is 79.9. The maximum absolute atomic E-state index is 13.1. The van der Waals surface area contributed by atoms with Crippen molar-refractivity contribution < 1.29 is 14.1 Å². The second-order valence-corrected chi connectivity index (χ2v) is 9.59. The normalized spacial score (nSPS) is 28.5. The molecule has 3 heterocycles. The summed E-state index contributed by atoms with van der Waals surface area (Å²) in [5.41, 5.74) is 1.93. The number of morpholine rings is 1. The molecule has 0 spiro atoms. The highest BCUT2D eigenvalue weighted by Crippen LogP contribution is 2.35. The Hall–Kier alpha value is -1.35. The number of carbonyl (C=O) groups excluding carboxylic acids is 1. The Bertz CT molecular complexity index is 813. The summed E-state index contributed by atoms with van der Waals surface area (Å²) >= 11 is 2.44. The lowest BCUT2D eigenvalue weighted by molar-refractivity contribution is -0.143. The molecule has 2 fully saturated rings. The van der Waals surface area contributed by atoms with Gasteiger partial charge < -0.3 is 19.2 Å². The van der Waals surface area contributed by atoms with E-state index in [2.05, 4.69) is 25.9 Å². The van der Waals surface area contributed by atoms with Gasteiger partial charge in [0.2, 0.25) is 5.91 Å². The first-order valence-electron chi connectivity index (χ1n) is 9.07. The summed E-state index contributed by atoms with van der Waals surface area (Å²) in [5, 5.41) is 0. The van der Waals surface area contributed by atoms with E-state index >= 15 is 0 Å². The Morgan fingerprint density at radius 1 is 1.37 bits per heavy atom. The van der Waals surface area contributed by atoms with Gasteiger partial charge in [-0.2, -0.15) is 0 Å². The van der Waals surface area contributed by atoms with Gasteiger partial charge in [-0.05, 0) is 24.6 Å². The molecule has 0 aliphatic carbocycles. The average Bonchev–Trinajstić information content (AvgIpc) is 3.29. The predicted molar refractivity (Wildman–Crippen MR) is 108 cm³/mol. The van der Waals surface area contributed by atoms with Gasteiger partial charge in [-0.25, -0.2) is 4.98 Å². The second kappa shape index (κ2) is 7.95. The van der Waals surface area contributed by atoms with E-state index in [-0.39, 0.29) is 23.8 Å². The number of H-pyrrole nitrogens is 1. The molecule has 0 bridgehead atoms. The number of hydrogen-bond acceptors (Lipinski definition) is 4. The minimum absolute atomic E-state index is 0.0517. The molecule has 2 aromatic rings. The molecule has 1 aromatic heterocycles. The summed E-state index contributed by atoms with van der Waals surface area (Å²) in [4.78, 5) is 22.9. The van der Waals surface area contributed by atoms with Crippen molar-refractivity contribution in [1.82, 2.24) is 14.9 Å². The highest BCUT2D eigenvalue weighted by Gasteiger charge is 2.46. The molecule has 4 rings (SSSR count). The van der Waals surface area contributed by atoms with Crippen molar-refractivity contribution in [2.75, 3.05) is 31.3 Å². The number of imidazole rings is 1. The molecule has 8 heteroatoms. The van der Waals surface area contributed by atoms with Crippen LogP contribution in [0.1, 0.15) is 18.7 Å². The number of aromatic amines is 1. The van der Waals surface area contributed by atoms with E-state index in [0.717, 1.165) is 21.6 Å². The van der Waals surface area contributed by atoms with Gasteiger partial charge in [0.1, 0.15) is 17.3 Å². The molecule has 27 heavy (non-hydrogen) atoms. The third kappa shape index (κ3) is 3.94. The van der Waals surface area contributed by atoms with Gasteiger partial charge in [0, 0.05) is 11.0 Å². The Labute approximate surface area is 170 Å². The van der Waals surface area contributed by atoms with Crippen molar-refractivity contribution in [3.63, 3.8) is 0 Å². The minimum atomic E-state index is -1.00. The van der Waals surface area contributed by atoms with Crippen LogP contribution < -0.4 is 0 Å². The molecule has 6 nitrogen and oxygen atoms in total. The minimum Gasteiger partial charge on any atom is -0.616 e. The van der Waals surface area contributed by atoms with E-state index in [9.17, 15) is 9.35 Å². The molecular formula is C19H22BrN3O3S. The Morgan fingerprint density at radius 3 is 2.89 bits per heavy atom. The van der Waals surface area contributed by atoms with Crippen molar-refractivity contribution in [3.05, 3.63) is 40.8 Å². The summed E-state index contributed by atoms with van der Waals surface area (Å²) < 4.78 is 18.7. The van der Waals surface area contributed by atoms with E-state index in [4.69, 9.17) is 4.74 Å². The summed E-state index contributed by atoms with van der Waals surface area (Å²) in [6.45, 7) is 3.71. The zero-order chi connectivity index (χ0) is 19.0. The summed E-state index contributed by atoms with van der Waals surface area (Å²) in [5.74, 6) is 1.26. The number of ether oxygens (including phenoxy) is 1. The molecule has 1 unspecified atom stereocenters. The van der Waals surface area contributed by atoms with Crippen LogP contribution in [0.3, 0.4) is 0 Å². The number of carbonyl (C=O) groups is 1. The molecule has 1 aromatic carbocycles. The highest BCUT2D eigenvalue weighted by molar-refractivity contribution is 9.10.